The second kappa shape index (κ2) is 7.83. The summed E-state index contributed by atoms with van der Waals surface area (Å²) in [6, 6.07) is 18.5. The van der Waals surface area contributed by atoms with Crippen molar-refractivity contribution in [3.63, 3.8) is 0 Å². The standard InChI is InChI=1S/C25H17N5.Co/c1-2-18-12-20-5-6-22(29-20)15-25-24(16-7-9-26-10-8-16)14-23(30-25)13-21-4-3-19(28-21)11-17(1)27-18;/h1-15,27,30H;. The van der Waals surface area contributed by atoms with E-state index in [0.29, 0.717) is 0 Å². The molecule has 0 fully saturated rings. The fourth-order valence-corrected chi connectivity index (χ4v) is 3.79. The molecule has 0 spiro atoms. The third-order valence-electron chi connectivity index (χ3n) is 5.16. The molecular weight excluding hydrogens is 429 g/mol. The van der Waals surface area contributed by atoms with Crippen LogP contribution >= 0.6 is 0 Å². The topological polar surface area (TPSA) is 70.2 Å². The van der Waals surface area contributed by atoms with E-state index in [1.807, 2.05) is 61.0 Å². The zero-order chi connectivity index (χ0) is 19.9. The van der Waals surface area contributed by atoms with Crippen molar-refractivity contribution >= 4 is 46.4 Å². The van der Waals surface area contributed by atoms with E-state index < -0.39 is 0 Å². The Morgan fingerprint density at radius 2 is 1.10 bits per heavy atom. The quantitative estimate of drug-likeness (QED) is 0.340. The van der Waals surface area contributed by atoms with Crippen molar-refractivity contribution in [3.8, 4) is 11.1 Å². The van der Waals surface area contributed by atoms with E-state index in [1.165, 1.54) is 0 Å². The maximum atomic E-state index is 4.76. The van der Waals surface area contributed by atoms with Gasteiger partial charge in [0.2, 0.25) is 0 Å². The minimum absolute atomic E-state index is 0. The Morgan fingerprint density at radius 1 is 0.548 bits per heavy atom. The summed E-state index contributed by atoms with van der Waals surface area (Å²) in [7, 11) is 0. The van der Waals surface area contributed by atoms with Crippen LogP contribution in [0.15, 0.2) is 67.0 Å². The summed E-state index contributed by atoms with van der Waals surface area (Å²) in [5.74, 6) is 0. The Hall–Kier alpha value is -3.74. The number of hydrogen-bond acceptors (Lipinski definition) is 3. The van der Waals surface area contributed by atoms with Crippen LogP contribution in [0.2, 0.25) is 0 Å². The van der Waals surface area contributed by atoms with E-state index in [9.17, 15) is 0 Å². The van der Waals surface area contributed by atoms with Gasteiger partial charge in [-0.1, -0.05) is 0 Å². The van der Waals surface area contributed by atoms with Crippen molar-refractivity contribution in [1.29, 1.82) is 0 Å². The third-order valence-corrected chi connectivity index (χ3v) is 5.16. The number of nitrogens with zero attached hydrogens (tertiary/aromatic N) is 3. The molecule has 4 aromatic heterocycles. The van der Waals surface area contributed by atoms with Crippen molar-refractivity contribution in [3.05, 3.63) is 89.8 Å². The van der Waals surface area contributed by atoms with E-state index in [2.05, 4.69) is 45.3 Å². The van der Waals surface area contributed by atoms with Crippen molar-refractivity contribution in [1.82, 2.24) is 24.9 Å². The Bertz CT molecular complexity index is 1490. The molecule has 31 heavy (non-hydrogen) atoms. The second-order valence-corrected chi connectivity index (χ2v) is 7.32. The van der Waals surface area contributed by atoms with E-state index in [-0.39, 0.29) is 16.8 Å². The number of fused-ring (bicyclic) bond motifs is 8. The first-order chi connectivity index (χ1) is 14.8. The molecule has 6 rings (SSSR count). The monoisotopic (exact) mass is 446 g/mol. The molecule has 0 unspecified atom stereocenters. The molecule has 151 valence electrons. The molecule has 0 amide bonds. The fraction of sp³-hybridized carbons (Fsp3) is 0. The van der Waals surface area contributed by atoms with Crippen LogP contribution in [0.25, 0.3) is 57.5 Å². The first-order valence-electron chi connectivity index (χ1n) is 9.77. The largest absolute Gasteiger partial charge is 0.355 e. The van der Waals surface area contributed by atoms with E-state index >= 15 is 0 Å². The molecular formula is C25H17CoN5. The van der Waals surface area contributed by atoms with Crippen molar-refractivity contribution in [2.24, 2.45) is 0 Å². The molecule has 6 heteroatoms. The van der Waals surface area contributed by atoms with E-state index in [1.54, 1.807) is 0 Å². The summed E-state index contributed by atoms with van der Waals surface area (Å²) < 4.78 is 0. The Kier molecular flexibility index (Phi) is 4.86. The molecule has 0 saturated carbocycles. The SMILES string of the molecule is C1=Cc2cc3cc(-c4ccncc4)c(cc4nc(cc5ccc(cc1n2)[nH]5)C=C4)[nH]3.[Co]. The molecule has 4 aromatic rings. The average molecular weight is 446 g/mol. The molecule has 2 N–H and O–H groups in total. The van der Waals surface area contributed by atoms with Crippen LogP contribution in [-0.4, -0.2) is 24.9 Å². The number of pyridine rings is 1. The van der Waals surface area contributed by atoms with Gasteiger partial charge in [0.15, 0.2) is 0 Å². The normalized spacial score (nSPS) is 12.0. The fourth-order valence-electron chi connectivity index (χ4n) is 3.79. The minimum Gasteiger partial charge on any atom is -0.355 e. The van der Waals surface area contributed by atoms with Gasteiger partial charge in [0.25, 0.3) is 0 Å². The summed E-state index contributed by atoms with van der Waals surface area (Å²) in [6.45, 7) is 0. The molecule has 6 heterocycles. The van der Waals surface area contributed by atoms with Crippen LogP contribution in [0.5, 0.6) is 0 Å². The second-order valence-electron chi connectivity index (χ2n) is 7.32. The van der Waals surface area contributed by atoms with Gasteiger partial charge in [-0.25, -0.2) is 9.97 Å². The van der Waals surface area contributed by atoms with E-state index in [0.717, 1.165) is 56.0 Å². The maximum absolute atomic E-state index is 4.76. The predicted octanol–water partition coefficient (Wildman–Crippen LogP) is 5.72. The van der Waals surface area contributed by atoms with Crippen molar-refractivity contribution < 1.29 is 16.8 Å². The van der Waals surface area contributed by atoms with Gasteiger partial charge in [-0.05, 0) is 84.5 Å². The maximum Gasteiger partial charge on any atom is 0.0658 e. The van der Waals surface area contributed by atoms with Crippen LogP contribution in [0.4, 0.5) is 0 Å². The Morgan fingerprint density at radius 3 is 1.71 bits per heavy atom. The predicted molar refractivity (Wildman–Crippen MR) is 122 cm³/mol. The van der Waals surface area contributed by atoms with Gasteiger partial charge in [0, 0.05) is 56.8 Å². The number of aromatic nitrogens is 5. The summed E-state index contributed by atoms with van der Waals surface area (Å²) in [6.07, 6.45) is 11.7. The van der Waals surface area contributed by atoms with Crippen LogP contribution in [0, 0.1) is 0 Å². The first kappa shape index (κ1) is 19.2. The summed E-state index contributed by atoms with van der Waals surface area (Å²) in [5, 5.41) is 0. The number of nitrogens with one attached hydrogen (secondary N) is 2. The average Bonchev–Trinajstić information content (AvgIpc) is 3.53. The molecule has 8 bridgehead atoms. The summed E-state index contributed by atoms with van der Waals surface area (Å²) >= 11 is 0. The van der Waals surface area contributed by atoms with Gasteiger partial charge in [-0.15, -0.1) is 0 Å². The van der Waals surface area contributed by atoms with Gasteiger partial charge in [0.05, 0.1) is 22.8 Å². The molecule has 0 saturated heterocycles. The van der Waals surface area contributed by atoms with Crippen LogP contribution in [0.3, 0.4) is 0 Å². The molecule has 2 aliphatic rings. The molecule has 0 aliphatic carbocycles. The number of hydrogen-bond donors (Lipinski definition) is 2. The minimum atomic E-state index is 0. The first-order valence-corrected chi connectivity index (χ1v) is 9.77. The van der Waals surface area contributed by atoms with Gasteiger partial charge in [-0.2, -0.15) is 0 Å². The third kappa shape index (κ3) is 3.86. The van der Waals surface area contributed by atoms with Gasteiger partial charge in [0.1, 0.15) is 0 Å². The number of H-pyrrole nitrogens is 2. The van der Waals surface area contributed by atoms with Gasteiger partial charge >= 0.3 is 0 Å². The summed E-state index contributed by atoms with van der Waals surface area (Å²) in [4.78, 5) is 20.6. The van der Waals surface area contributed by atoms with Crippen molar-refractivity contribution in [2.45, 2.75) is 0 Å². The summed E-state index contributed by atoms with van der Waals surface area (Å²) in [5.41, 5.74) is 9.88. The molecule has 1 radical (unpaired) electrons. The molecule has 2 aliphatic heterocycles. The zero-order valence-electron chi connectivity index (χ0n) is 16.3. The molecule has 5 nitrogen and oxygen atoms in total. The number of rotatable bonds is 1. The Balaban J connectivity index is 0.00000204. The van der Waals surface area contributed by atoms with Crippen LogP contribution in [-0.2, 0) is 16.8 Å². The van der Waals surface area contributed by atoms with Crippen molar-refractivity contribution in [2.75, 3.05) is 0 Å². The van der Waals surface area contributed by atoms with Crippen LogP contribution in [0.1, 0.15) is 22.8 Å². The van der Waals surface area contributed by atoms with Gasteiger partial charge in [-0.3, -0.25) is 4.98 Å². The van der Waals surface area contributed by atoms with Crippen LogP contribution < -0.4 is 0 Å². The van der Waals surface area contributed by atoms with E-state index in [4.69, 9.17) is 9.97 Å². The number of aromatic amines is 2. The smallest absolute Gasteiger partial charge is 0.0658 e. The molecule has 0 atom stereocenters. The van der Waals surface area contributed by atoms with Gasteiger partial charge < -0.3 is 9.97 Å². The Labute approximate surface area is 188 Å². The zero-order valence-corrected chi connectivity index (χ0v) is 17.4. The molecule has 0 aromatic carbocycles.